The highest BCUT2D eigenvalue weighted by atomic mass is 16.4. The Morgan fingerprint density at radius 1 is 1.27 bits per heavy atom. The topological polar surface area (TPSA) is 80.4 Å². The Morgan fingerprint density at radius 2 is 1.82 bits per heavy atom. The molecule has 0 bridgehead atoms. The van der Waals surface area contributed by atoms with Crippen LogP contribution in [0.15, 0.2) is 0 Å². The van der Waals surface area contributed by atoms with Gasteiger partial charge in [-0.25, -0.2) is 0 Å². The molecule has 3 N–H and O–H groups in total. The molecule has 2 aliphatic rings. The number of amides is 1. The number of carboxylic acids is 1. The predicted octanol–water partition coefficient (Wildman–Crippen LogP) is -0.273. The highest BCUT2D eigenvalue weighted by Gasteiger charge is 2.81. The van der Waals surface area contributed by atoms with Crippen LogP contribution in [0.1, 0.15) is 19.3 Å². The Bertz CT molecular complexity index is 236. The predicted molar refractivity (Wildman–Crippen MR) is 35.5 cm³/mol. The van der Waals surface area contributed by atoms with Crippen LogP contribution >= 0.6 is 0 Å². The molecule has 11 heavy (non-hydrogen) atoms. The lowest BCUT2D eigenvalue weighted by atomic mass is 9.73. The molecule has 0 unspecified atom stereocenters. The quantitative estimate of drug-likeness (QED) is 0.575. The number of fused-ring (bicyclic) bond motifs is 1. The monoisotopic (exact) mass is 155 g/mol. The average Bonchev–Trinajstić information content (AvgIpc) is 2.31. The zero-order valence-corrected chi connectivity index (χ0v) is 5.96. The summed E-state index contributed by atoms with van der Waals surface area (Å²) in [5, 5.41) is 8.74. The lowest BCUT2D eigenvalue weighted by molar-refractivity contribution is -0.152. The summed E-state index contributed by atoms with van der Waals surface area (Å²) in [6, 6.07) is 0. The molecular weight excluding hydrogens is 146 g/mol. The van der Waals surface area contributed by atoms with Gasteiger partial charge in [0.05, 0.1) is 10.8 Å². The number of primary amides is 1. The minimum atomic E-state index is -0.859. The van der Waals surface area contributed by atoms with Gasteiger partial charge in [0.1, 0.15) is 0 Å². The van der Waals surface area contributed by atoms with Crippen LogP contribution in [0.5, 0.6) is 0 Å². The normalized spacial score (nSPS) is 45.5. The maximum absolute atomic E-state index is 10.8. The molecule has 2 atom stereocenters. The number of carboxylic acid groups (broad SMARTS) is 1. The molecule has 0 heterocycles. The first kappa shape index (κ1) is 6.64. The van der Waals surface area contributed by atoms with Crippen LogP contribution in [0, 0.1) is 10.8 Å². The molecule has 0 aromatic carbocycles. The Balaban J connectivity index is 2.27. The number of aliphatic carboxylic acids is 1. The van der Waals surface area contributed by atoms with E-state index in [1.165, 1.54) is 0 Å². The van der Waals surface area contributed by atoms with E-state index in [0.29, 0.717) is 19.3 Å². The van der Waals surface area contributed by atoms with E-state index in [0.717, 1.165) is 0 Å². The second-order valence-corrected chi connectivity index (χ2v) is 3.51. The van der Waals surface area contributed by atoms with Crippen molar-refractivity contribution in [1.82, 2.24) is 0 Å². The fourth-order valence-electron chi connectivity index (χ4n) is 2.21. The van der Waals surface area contributed by atoms with Crippen molar-refractivity contribution in [1.29, 1.82) is 0 Å². The first-order valence-corrected chi connectivity index (χ1v) is 3.58. The molecule has 0 aliphatic heterocycles. The SMILES string of the molecule is NC(=O)[C@@]12CC[C@]1(C(=O)O)C2. The number of rotatable bonds is 2. The number of carbonyl (C=O) groups is 2. The van der Waals surface area contributed by atoms with E-state index in [1.807, 2.05) is 0 Å². The van der Waals surface area contributed by atoms with Gasteiger partial charge in [-0.3, -0.25) is 9.59 Å². The zero-order chi connectivity index (χ0) is 8.28. The summed E-state index contributed by atoms with van der Waals surface area (Å²) in [5.74, 6) is -1.30. The van der Waals surface area contributed by atoms with Gasteiger partial charge in [0.2, 0.25) is 5.91 Å². The van der Waals surface area contributed by atoms with E-state index in [1.54, 1.807) is 0 Å². The van der Waals surface area contributed by atoms with E-state index in [4.69, 9.17) is 10.8 Å². The van der Waals surface area contributed by atoms with E-state index >= 15 is 0 Å². The molecule has 1 amide bonds. The van der Waals surface area contributed by atoms with Gasteiger partial charge in [0, 0.05) is 0 Å². The summed E-state index contributed by atoms with van der Waals surface area (Å²) in [4.78, 5) is 21.5. The van der Waals surface area contributed by atoms with Crippen molar-refractivity contribution in [2.75, 3.05) is 0 Å². The molecule has 4 heteroatoms. The Hall–Kier alpha value is -1.06. The third-order valence-corrected chi connectivity index (χ3v) is 3.25. The molecule has 4 nitrogen and oxygen atoms in total. The minimum absolute atomic E-state index is 0.439. The average molecular weight is 155 g/mol. The third kappa shape index (κ3) is 0.450. The summed E-state index contributed by atoms with van der Waals surface area (Å²) in [5.41, 5.74) is 3.69. The summed E-state index contributed by atoms with van der Waals surface area (Å²) in [7, 11) is 0. The smallest absolute Gasteiger partial charge is 0.310 e. The second kappa shape index (κ2) is 1.42. The minimum Gasteiger partial charge on any atom is -0.481 e. The van der Waals surface area contributed by atoms with Crippen LogP contribution in [0.2, 0.25) is 0 Å². The highest BCUT2D eigenvalue weighted by Crippen LogP contribution is 2.77. The van der Waals surface area contributed by atoms with Crippen LogP contribution in [0.4, 0.5) is 0 Å². The van der Waals surface area contributed by atoms with Crippen LogP contribution in [0.3, 0.4) is 0 Å². The fourth-order valence-corrected chi connectivity index (χ4v) is 2.21. The Kier molecular flexibility index (Phi) is 0.855. The van der Waals surface area contributed by atoms with Crippen molar-refractivity contribution >= 4 is 11.9 Å². The first-order valence-electron chi connectivity index (χ1n) is 3.58. The molecule has 0 aromatic heterocycles. The van der Waals surface area contributed by atoms with Crippen molar-refractivity contribution < 1.29 is 14.7 Å². The largest absolute Gasteiger partial charge is 0.481 e. The molecular formula is C7H9NO3. The summed E-state index contributed by atoms with van der Waals surface area (Å²) in [6.07, 6.45) is 1.74. The number of carbonyl (C=O) groups excluding carboxylic acids is 1. The first-order chi connectivity index (χ1) is 5.05. The molecule has 2 rings (SSSR count). The van der Waals surface area contributed by atoms with Crippen molar-refractivity contribution in [3.05, 3.63) is 0 Å². The highest BCUT2D eigenvalue weighted by molar-refractivity contribution is 5.97. The molecule has 0 aromatic rings. The number of hydrogen-bond acceptors (Lipinski definition) is 2. The standard InChI is InChI=1S/C7H9NO3/c8-4(9)6-1-2-7(6,3-6)5(10)11/h1-3H2,(H2,8,9)(H,10,11)/t6-,7+/m0/s1. The number of nitrogens with two attached hydrogens (primary N) is 1. The summed E-state index contributed by atoms with van der Waals surface area (Å²) >= 11 is 0. The van der Waals surface area contributed by atoms with Gasteiger partial charge in [-0.15, -0.1) is 0 Å². The van der Waals surface area contributed by atoms with Crippen molar-refractivity contribution in [2.45, 2.75) is 19.3 Å². The summed E-state index contributed by atoms with van der Waals surface area (Å²) in [6.45, 7) is 0. The second-order valence-electron chi connectivity index (χ2n) is 3.51. The van der Waals surface area contributed by atoms with Gasteiger partial charge < -0.3 is 10.8 Å². The van der Waals surface area contributed by atoms with E-state index in [9.17, 15) is 9.59 Å². The molecule has 0 spiro atoms. The van der Waals surface area contributed by atoms with Gasteiger partial charge >= 0.3 is 5.97 Å². The molecule has 0 radical (unpaired) electrons. The fraction of sp³-hybridized carbons (Fsp3) is 0.714. The number of hydrogen-bond donors (Lipinski definition) is 2. The van der Waals surface area contributed by atoms with Crippen LogP contribution < -0.4 is 5.73 Å². The molecule has 2 saturated carbocycles. The molecule has 0 saturated heterocycles. The van der Waals surface area contributed by atoms with E-state index in [-0.39, 0.29) is 0 Å². The lowest BCUT2D eigenvalue weighted by Gasteiger charge is -2.29. The molecule has 2 fully saturated rings. The molecule has 2 aliphatic carbocycles. The zero-order valence-electron chi connectivity index (χ0n) is 5.96. The van der Waals surface area contributed by atoms with Crippen LogP contribution in [0.25, 0.3) is 0 Å². The van der Waals surface area contributed by atoms with Crippen LogP contribution in [-0.4, -0.2) is 17.0 Å². The van der Waals surface area contributed by atoms with Gasteiger partial charge in [0.15, 0.2) is 0 Å². The Morgan fingerprint density at radius 3 is 1.91 bits per heavy atom. The maximum Gasteiger partial charge on any atom is 0.310 e. The maximum atomic E-state index is 10.8. The van der Waals surface area contributed by atoms with E-state index in [2.05, 4.69) is 0 Å². The lowest BCUT2D eigenvalue weighted by Crippen LogP contribution is -2.41. The van der Waals surface area contributed by atoms with E-state index < -0.39 is 22.7 Å². The van der Waals surface area contributed by atoms with Crippen LogP contribution in [-0.2, 0) is 9.59 Å². The van der Waals surface area contributed by atoms with Gasteiger partial charge in [0.25, 0.3) is 0 Å². The van der Waals surface area contributed by atoms with Gasteiger partial charge in [-0.1, -0.05) is 0 Å². The van der Waals surface area contributed by atoms with Gasteiger partial charge in [-0.05, 0) is 19.3 Å². The van der Waals surface area contributed by atoms with Gasteiger partial charge in [-0.2, -0.15) is 0 Å². The third-order valence-electron chi connectivity index (χ3n) is 3.25. The Labute approximate surface area is 63.4 Å². The van der Waals surface area contributed by atoms with Crippen molar-refractivity contribution in [3.63, 3.8) is 0 Å². The van der Waals surface area contributed by atoms with Crippen molar-refractivity contribution in [3.8, 4) is 0 Å². The van der Waals surface area contributed by atoms with Crippen molar-refractivity contribution in [2.24, 2.45) is 16.6 Å². The summed E-state index contributed by atoms with van der Waals surface area (Å²) < 4.78 is 0. The molecule has 60 valence electrons.